The lowest BCUT2D eigenvalue weighted by Gasteiger charge is -2.12. The summed E-state index contributed by atoms with van der Waals surface area (Å²) in [6.07, 6.45) is 3.24. The number of nitrogens with zero attached hydrogens (tertiary/aromatic N) is 2. The van der Waals surface area contributed by atoms with Crippen molar-refractivity contribution >= 4 is 33.4 Å². The van der Waals surface area contributed by atoms with Gasteiger partial charge in [0.1, 0.15) is 9.71 Å². The van der Waals surface area contributed by atoms with Crippen LogP contribution in [0.25, 0.3) is 10.2 Å². The van der Waals surface area contributed by atoms with E-state index in [1.165, 1.54) is 10.9 Å². The highest BCUT2D eigenvalue weighted by molar-refractivity contribution is 7.20. The summed E-state index contributed by atoms with van der Waals surface area (Å²) in [6, 6.07) is 0.0412. The Hall–Kier alpha value is -2.22. The number of ether oxygens (including phenoxy) is 1. The largest absolute Gasteiger partial charge is 0.451 e. The Bertz CT molecular complexity index is 825. The van der Waals surface area contributed by atoms with Crippen molar-refractivity contribution in [1.82, 2.24) is 14.9 Å². The van der Waals surface area contributed by atoms with Gasteiger partial charge < -0.3 is 14.6 Å². The van der Waals surface area contributed by atoms with Crippen molar-refractivity contribution in [3.05, 3.63) is 27.1 Å². The molecule has 0 fully saturated rings. The highest BCUT2D eigenvalue weighted by Gasteiger charge is 2.21. The molecule has 8 heteroatoms. The Morgan fingerprint density at radius 3 is 2.83 bits per heavy atom. The van der Waals surface area contributed by atoms with Gasteiger partial charge in [-0.2, -0.15) is 0 Å². The highest BCUT2D eigenvalue weighted by atomic mass is 32.1. The Labute approximate surface area is 143 Å². The number of carbonyl (C=O) groups is 2. The standard InChI is InChI=1S/C16H21N3O4S/c1-5-6-9(2)18-11(20)7-23-16(22)13-10(3)12-14(24-13)17-8-19(4)15(12)21/h8-9H,5-7H2,1-4H3,(H,18,20). The lowest BCUT2D eigenvalue weighted by molar-refractivity contribution is -0.124. The van der Waals surface area contributed by atoms with Crippen molar-refractivity contribution in [3.63, 3.8) is 0 Å². The molecule has 1 amide bonds. The van der Waals surface area contributed by atoms with Crippen molar-refractivity contribution < 1.29 is 14.3 Å². The fourth-order valence-corrected chi connectivity index (χ4v) is 3.45. The van der Waals surface area contributed by atoms with E-state index in [2.05, 4.69) is 10.3 Å². The molecular formula is C16H21N3O4S. The summed E-state index contributed by atoms with van der Waals surface area (Å²) in [7, 11) is 1.60. The van der Waals surface area contributed by atoms with Crippen LogP contribution in [-0.4, -0.2) is 34.1 Å². The Morgan fingerprint density at radius 1 is 1.46 bits per heavy atom. The maximum absolute atomic E-state index is 12.2. The minimum Gasteiger partial charge on any atom is -0.451 e. The van der Waals surface area contributed by atoms with Gasteiger partial charge in [-0.1, -0.05) is 13.3 Å². The molecule has 0 aliphatic rings. The molecule has 24 heavy (non-hydrogen) atoms. The molecule has 0 aromatic carbocycles. The molecule has 0 aliphatic carbocycles. The fourth-order valence-electron chi connectivity index (χ4n) is 2.42. The van der Waals surface area contributed by atoms with E-state index in [0.29, 0.717) is 20.7 Å². The number of rotatable bonds is 6. The molecule has 2 aromatic rings. The number of fused-ring (bicyclic) bond motifs is 1. The number of nitrogens with one attached hydrogen (secondary N) is 1. The second-order valence-electron chi connectivity index (χ2n) is 5.73. The Kier molecular flexibility index (Phi) is 5.71. The maximum atomic E-state index is 12.2. The Balaban J connectivity index is 2.09. The number of aryl methyl sites for hydroxylation is 2. The number of amides is 1. The summed E-state index contributed by atoms with van der Waals surface area (Å²) >= 11 is 1.10. The Morgan fingerprint density at radius 2 is 2.17 bits per heavy atom. The van der Waals surface area contributed by atoms with E-state index in [0.717, 1.165) is 24.2 Å². The van der Waals surface area contributed by atoms with Crippen molar-refractivity contribution in [3.8, 4) is 0 Å². The molecule has 130 valence electrons. The normalized spacial score (nSPS) is 12.2. The minimum absolute atomic E-state index is 0.0412. The number of hydrogen-bond acceptors (Lipinski definition) is 6. The van der Waals surface area contributed by atoms with Crippen LogP contribution in [0.1, 0.15) is 41.9 Å². The molecule has 7 nitrogen and oxygen atoms in total. The maximum Gasteiger partial charge on any atom is 0.349 e. The number of thiophene rings is 1. The molecule has 0 saturated carbocycles. The van der Waals surface area contributed by atoms with Crippen LogP contribution in [0.3, 0.4) is 0 Å². The van der Waals surface area contributed by atoms with Gasteiger partial charge in [0, 0.05) is 13.1 Å². The average molecular weight is 351 g/mol. The summed E-state index contributed by atoms with van der Waals surface area (Å²) in [5.74, 6) is -0.951. The van der Waals surface area contributed by atoms with Gasteiger partial charge in [-0.25, -0.2) is 9.78 Å². The van der Waals surface area contributed by atoms with Crippen LogP contribution in [0.15, 0.2) is 11.1 Å². The van der Waals surface area contributed by atoms with E-state index in [1.54, 1.807) is 14.0 Å². The molecule has 0 saturated heterocycles. The molecule has 0 spiro atoms. The van der Waals surface area contributed by atoms with Gasteiger partial charge >= 0.3 is 5.97 Å². The zero-order valence-electron chi connectivity index (χ0n) is 14.2. The average Bonchev–Trinajstić information content (AvgIpc) is 2.86. The number of hydrogen-bond donors (Lipinski definition) is 1. The third-order valence-corrected chi connectivity index (χ3v) is 4.84. The van der Waals surface area contributed by atoms with Crippen molar-refractivity contribution in [2.45, 2.75) is 39.7 Å². The van der Waals surface area contributed by atoms with Crippen LogP contribution >= 0.6 is 11.3 Å². The zero-order valence-corrected chi connectivity index (χ0v) is 15.0. The molecule has 1 atom stereocenters. The van der Waals surface area contributed by atoms with Gasteiger partial charge in [0.05, 0.1) is 11.7 Å². The predicted octanol–water partition coefficient (Wildman–Crippen LogP) is 1.77. The van der Waals surface area contributed by atoms with Crippen LogP contribution < -0.4 is 10.9 Å². The van der Waals surface area contributed by atoms with Gasteiger partial charge in [0.25, 0.3) is 11.5 Å². The first-order valence-electron chi connectivity index (χ1n) is 7.76. The highest BCUT2D eigenvalue weighted by Crippen LogP contribution is 2.27. The third-order valence-electron chi connectivity index (χ3n) is 3.66. The molecule has 2 rings (SSSR count). The number of aromatic nitrogens is 2. The topological polar surface area (TPSA) is 90.3 Å². The lowest BCUT2D eigenvalue weighted by Crippen LogP contribution is -2.35. The first-order valence-corrected chi connectivity index (χ1v) is 8.58. The molecule has 2 heterocycles. The first-order chi connectivity index (χ1) is 11.3. The van der Waals surface area contributed by atoms with Crippen molar-refractivity contribution in [2.75, 3.05) is 6.61 Å². The number of esters is 1. The smallest absolute Gasteiger partial charge is 0.349 e. The van der Waals surface area contributed by atoms with E-state index >= 15 is 0 Å². The fraction of sp³-hybridized carbons (Fsp3) is 0.500. The summed E-state index contributed by atoms with van der Waals surface area (Å²) in [5.41, 5.74) is 0.326. The molecular weight excluding hydrogens is 330 g/mol. The van der Waals surface area contributed by atoms with Crippen LogP contribution in [0, 0.1) is 6.92 Å². The van der Waals surface area contributed by atoms with Crippen LogP contribution in [0.2, 0.25) is 0 Å². The second kappa shape index (κ2) is 7.57. The van der Waals surface area contributed by atoms with E-state index in [4.69, 9.17) is 4.74 Å². The quantitative estimate of drug-likeness (QED) is 0.801. The lowest BCUT2D eigenvalue weighted by atomic mass is 10.2. The second-order valence-corrected chi connectivity index (χ2v) is 6.73. The molecule has 1 unspecified atom stereocenters. The molecule has 2 aromatic heterocycles. The SMILES string of the molecule is CCCC(C)NC(=O)COC(=O)c1sc2ncn(C)c(=O)c2c1C. The first kappa shape index (κ1) is 18.1. The molecule has 0 radical (unpaired) electrons. The van der Waals surface area contributed by atoms with Crippen LogP contribution in [0.5, 0.6) is 0 Å². The monoisotopic (exact) mass is 351 g/mol. The van der Waals surface area contributed by atoms with Crippen LogP contribution in [-0.2, 0) is 16.6 Å². The predicted molar refractivity (Wildman–Crippen MR) is 92.4 cm³/mol. The third kappa shape index (κ3) is 3.81. The minimum atomic E-state index is -0.615. The molecule has 1 N–H and O–H groups in total. The van der Waals surface area contributed by atoms with Crippen molar-refractivity contribution in [1.29, 1.82) is 0 Å². The summed E-state index contributed by atoms with van der Waals surface area (Å²) in [5, 5.41) is 3.18. The van der Waals surface area contributed by atoms with E-state index in [-0.39, 0.29) is 24.1 Å². The summed E-state index contributed by atoms with van der Waals surface area (Å²) < 4.78 is 6.43. The summed E-state index contributed by atoms with van der Waals surface area (Å²) in [4.78, 5) is 41.1. The van der Waals surface area contributed by atoms with Gasteiger partial charge in [-0.3, -0.25) is 9.59 Å². The zero-order chi connectivity index (χ0) is 17.9. The van der Waals surface area contributed by atoms with Gasteiger partial charge in [-0.15, -0.1) is 11.3 Å². The van der Waals surface area contributed by atoms with Crippen LogP contribution in [0.4, 0.5) is 0 Å². The van der Waals surface area contributed by atoms with E-state index in [9.17, 15) is 14.4 Å². The summed E-state index contributed by atoms with van der Waals surface area (Å²) in [6.45, 7) is 5.28. The van der Waals surface area contributed by atoms with Gasteiger partial charge in [-0.05, 0) is 25.8 Å². The molecule has 0 bridgehead atoms. The van der Waals surface area contributed by atoms with E-state index in [1.807, 2.05) is 13.8 Å². The molecule has 0 aliphatic heterocycles. The van der Waals surface area contributed by atoms with E-state index < -0.39 is 5.97 Å². The number of carbonyl (C=O) groups excluding carboxylic acids is 2. The van der Waals surface area contributed by atoms with Gasteiger partial charge in [0.15, 0.2) is 6.61 Å². The van der Waals surface area contributed by atoms with Crippen molar-refractivity contribution in [2.24, 2.45) is 7.05 Å². The van der Waals surface area contributed by atoms with Gasteiger partial charge in [0.2, 0.25) is 0 Å².